The first-order valence-electron chi connectivity index (χ1n) is 6.98. The quantitative estimate of drug-likeness (QED) is 0.189. The fraction of sp³-hybridized carbons (Fsp3) is 0.118. The Morgan fingerprint density at radius 1 is 0.741 bits per heavy atom. The molecule has 0 atom stereocenters. The van der Waals surface area contributed by atoms with Gasteiger partial charge in [-0.2, -0.15) is 0 Å². The van der Waals surface area contributed by atoms with E-state index in [-0.39, 0.29) is 74.1 Å². The topological polar surface area (TPSA) is 132 Å². The van der Waals surface area contributed by atoms with Crippen LogP contribution < -0.4 is 96.3 Å². The van der Waals surface area contributed by atoms with Gasteiger partial charge in [0.2, 0.25) is 0 Å². The third-order valence-electron chi connectivity index (χ3n) is 2.79. The number of hydrogen-bond donors (Lipinski definition) is 4. The van der Waals surface area contributed by atoms with Crippen molar-refractivity contribution in [2.24, 2.45) is 0 Å². The number of rotatable bonds is 0. The molecule has 0 aliphatic carbocycles. The second kappa shape index (κ2) is 22.0. The Labute approximate surface area is 207 Å². The third kappa shape index (κ3) is 18.8. The van der Waals surface area contributed by atoms with Crippen LogP contribution in [0.25, 0.3) is 0 Å². The molecule has 0 radical (unpaired) electrons. The van der Waals surface area contributed by atoms with Crippen molar-refractivity contribution < 1.29 is 84.4 Å². The summed E-state index contributed by atoms with van der Waals surface area (Å²) in [4.78, 5) is 4.27. The molecule has 3 aromatic rings. The number of thiazole rings is 1. The number of aromatic amines is 1. The number of nitrogens with one attached hydrogen (secondary N) is 1. The van der Waals surface area contributed by atoms with Crippen molar-refractivity contribution >= 4 is 27.8 Å². The van der Waals surface area contributed by atoms with E-state index >= 15 is 0 Å². The van der Waals surface area contributed by atoms with Gasteiger partial charge in [-0.05, 0) is 38.1 Å². The Morgan fingerprint density at radius 3 is 1.19 bits per heavy atom. The van der Waals surface area contributed by atoms with Gasteiger partial charge >= 0.3 is 5.13 Å². The summed E-state index contributed by atoms with van der Waals surface area (Å²) in [6, 6.07) is 19.7. The van der Waals surface area contributed by atoms with Gasteiger partial charge in [-0.25, -0.2) is 4.98 Å². The van der Waals surface area contributed by atoms with Crippen LogP contribution in [0.15, 0.2) is 60.7 Å². The summed E-state index contributed by atoms with van der Waals surface area (Å²) < 4.78 is 0. The number of aromatic nitrogens is 1. The first kappa shape index (κ1) is 37.4. The van der Waals surface area contributed by atoms with Gasteiger partial charge in [-0.3, -0.25) is 5.73 Å². The van der Waals surface area contributed by atoms with Gasteiger partial charge in [-0.1, -0.05) is 47.7 Å². The fourth-order valence-corrected chi connectivity index (χ4v) is 2.23. The molecule has 27 heavy (non-hydrogen) atoms. The van der Waals surface area contributed by atoms with Gasteiger partial charge in [0, 0.05) is 0 Å². The standard InChI is InChI=1S/2C6H7N.C5H8N2S.4BrH.H3N/c2*7-6-4-2-1-3-5-6;1-3-4(2)8-5(6)7-3;;;;;/h2*1-5H,7H2;1-2H3,(H2,6,7);4*1H;1H3. The zero-order valence-electron chi connectivity index (χ0n) is 15.7. The number of benzene rings is 2. The van der Waals surface area contributed by atoms with E-state index in [1.807, 2.05) is 74.5 Å². The lowest BCUT2D eigenvalue weighted by Gasteiger charge is -1.78. The molecule has 3 rings (SSSR count). The average molecular weight is 655 g/mol. The summed E-state index contributed by atoms with van der Waals surface area (Å²) in [5.74, 6) is 0. The van der Waals surface area contributed by atoms with E-state index in [0.717, 1.165) is 16.5 Å². The van der Waals surface area contributed by atoms with E-state index in [1.165, 1.54) is 10.6 Å². The Bertz CT molecular complexity index is 613. The highest BCUT2D eigenvalue weighted by atomic mass is 79.9. The number of aryl methyl sites for hydroxylation is 2. The maximum atomic E-state index is 5.44. The molecule has 2 aromatic carbocycles. The largest absolute Gasteiger partial charge is 1.00 e. The van der Waals surface area contributed by atoms with Gasteiger partial charge in [-0.15, -0.1) is 0 Å². The smallest absolute Gasteiger partial charge is 0.329 e. The Morgan fingerprint density at radius 2 is 1.07 bits per heavy atom. The SMILES string of the molecule is Cc1[nH+]c(N)sc1C.[Br-].[Br-].[Br-].[Br-].[NH3+]c1ccccc1.[NH3+]c1ccccc1.[NH4+]. The van der Waals surface area contributed by atoms with Gasteiger partial charge in [0.1, 0.15) is 17.1 Å². The molecule has 0 saturated heterocycles. The van der Waals surface area contributed by atoms with Crippen LogP contribution >= 0.6 is 11.3 Å². The Balaban J connectivity index is -0.0000000822. The van der Waals surface area contributed by atoms with Crippen molar-refractivity contribution in [2.45, 2.75) is 13.8 Å². The highest BCUT2D eigenvalue weighted by Gasteiger charge is 2.01. The number of hydrogen-bond acceptors (Lipinski definition) is 2. The summed E-state index contributed by atoms with van der Waals surface area (Å²) in [5.41, 5.74) is 16.2. The summed E-state index contributed by atoms with van der Waals surface area (Å²) in [6.45, 7) is 4.06. The second-order valence-electron chi connectivity index (χ2n) is 4.74. The first-order valence-corrected chi connectivity index (χ1v) is 7.79. The van der Waals surface area contributed by atoms with Crippen LogP contribution in [0.5, 0.6) is 0 Å². The number of H-pyrrole nitrogens is 1. The molecule has 0 bridgehead atoms. The molecule has 0 spiro atoms. The lowest BCUT2D eigenvalue weighted by atomic mass is 10.3. The maximum Gasteiger partial charge on any atom is 0.329 e. The zero-order valence-corrected chi connectivity index (χ0v) is 22.8. The Hall–Kier alpha value is -0.330. The molecule has 0 saturated carbocycles. The highest BCUT2D eigenvalue weighted by Crippen LogP contribution is 2.12. The molecule has 13 N–H and O–H groups in total. The molecule has 0 fully saturated rings. The van der Waals surface area contributed by atoms with Gasteiger partial charge < -0.3 is 85.5 Å². The van der Waals surface area contributed by atoms with Crippen LogP contribution in [0.3, 0.4) is 0 Å². The zero-order chi connectivity index (χ0) is 16.4. The van der Waals surface area contributed by atoms with E-state index < -0.39 is 0 Å². The molecule has 5 nitrogen and oxygen atoms in total. The van der Waals surface area contributed by atoms with Crippen LogP contribution in [0.1, 0.15) is 10.6 Å². The second-order valence-corrected chi connectivity index (χ2v) is 6.00. The predicted octanol–water partition coefficient (Wildman–Crippen LogP) is -9.73. The maximum absolute atomic E-state index is 5.44. The summed E-state index contributed by atoms with van der Waals surface area (Å²) in [7, 11) is 0. The highest BCUT2D eigenvalue weighted by molar-refractivity contribution is 7.14. The summed E-state index contributed by atoms with van der Waals surface area (Å²) in [6.07, 6.45) is 0. The van der Waals surface area contributed by atoms with Crippen molar-refractivity contribution in [1.82, 2.24) is 6.15 Å². The van der Waals surface area contributed by atoms with Gasteiger partial charge in [0.25, 0.3) is 0 Å². The number of halogens is 4. The number of nitrogens with two attached hydrogens (primary N) is 1. The molecule has 0 aliphatic rings. The molecule has 10 heteroatoms. The summed E-state index contributed by atoms with van der Waals surface area (Å²) in [5, 5.41) is 0.792. The predicted molar refractivity (Wildman–Crippen MR) is 98.7 cm³/mol. The van der Waals surface area contributed by atoms with E-state index in [0.29, 0.717) is 0 Å². The number of anilines is 1. The monoisotopic (exact) mass is 651 g/mol. The van der Waals surface area contributed by atoms with E-state index in [1.54, 1.807) is 11.3 Å². The van der Waals surface area contributed by atoms with Crippen LogP contribution in [-0.2, 0) is 0 Å². The van der Waals surface area contributed by atoms with E-state index in [9.17, 15) is 0 Å². The normalized spacial score (nSPS) is 7.41. The average Bonchev–Trinajstić information content (AvgIpc) is 2.78. The molecular formula is C17H29Br4N5S. The number of nitrogen functional groups attached to an aromatic ring is 1. The van der Waals surface area contributed by atoms with E-state index in [2.05, 4.69) is 16.5 Å². The van der Waals surface area contributed by atoms with Crippen molar-refractivity contribution in [3.63, 3.8) is 0 Å². The minimum absolute atomic E-state index is 0. The minimum Gasteiger partial charge on any atom is -1.00 e. The molecule has 0 amide bonds. The summed E-state index contributed by atoms with van der Waals surface area (Å²) >= 11 is 1.59. The molecule has 1 aromatic heterocycles. The van der Waals surface area contributed by atoms with E-state index in [4.69, 9.17) is 5.73 Å². The minimum atomic E-state index is 0. The Kier molecular flexibility index (Phi) is 30.4. The van der Waals surface area contributed by atoms with Gasteiger partial charge in [0.15, 0.2) is 0 Å². The molecule has 1 heterocycles. The first-order chi connectivity index (χ1) is 10.5. The van der Waals surface area contributed by atoms with Crippen molar-refractivity contribution in [3.8, 4) is 0 Å². The van der Waals surface area contributed by atoms with Gasteiger partial charge in [0.05, 0.1) is 4.88 Å². The molecular weight excluding hydrogens is 626 g/mol. The van der Waals surface area contributed by atoms with Crippen molar-refractivity contribution in [2.75, 3.05) is 5.73 Å². The molecule has 156 valence electrons. The van der Waals surface area contributed by atoms with Crippen LogP contribution in [0.2, 0.25) is 0 Å². The van der Waals surface area contributed by atoms with Crippen LogP contribution in [-0.4, -0.2) is 0 Å². The lowest BCUT2D eigenvalue weighted by molar-refractivity contribution is -0.364. The van der Waals surface area contributed by atoms with Crippen molar-refractivity contribution in [1.29, 1.82) is 0 Å². The van der Waals surface area contributed by atoms with Crippen LogP contribution in [0.4, 0.5) is 16.5 Å². The molecule has 0 unspecified atom stereocenters. The fourth-order valence-electron chi connectivity index (χ4n) is 1.50. The van der Waals surface area contributed by atoms with Crippen LogP contribution in [0, 0.1) is 13.8 Å². The van der Waals surface area contributed by atoms with Crippen molar-refractivity contribution in [3.05, 3.63) is 71.2 Å². The molecule has 0 aliphatic heterocycles. The lowest BCUT2D eigenvalue weighted by Crippen LogP contribution is -3.00. The number of quaternary nitrogens is 3. The third-order valence-corrected chi connectivity index (χ3v) is 3.72.